The minimum atomic E-state index is 0.588. The maximum absolute atomic E-state index is 11.6. The van der Waals surface area contributed by atoms with Gasteiger partial charge in [0.25, 0.3) is 0 Å². The average Bonchev–Trinajstić information content (AvgIpc) is 2.94. The molecule has 3 nitrogen and oxygen atoms in total. The molecule has 0 atom stereocenters. The van der Waals surface area contributed by atoms with Crippen LogP contribution < -0.4 is 0 Å². The zero-order valence-corrected chi connectivity index (χ0v) is 12.2. The first-order valence-electron chi connectivity index (χ1n) is 7.20. The van der Waals surface area contributed by atoms with Crippen molar-refractivity contribution < 1.29 is 4.79 Å². The Morgan fingerprint density at radius 3 is 2.55 bits per heavy atom. The van der Waals surface area contributed by atoms with Crippen LogP contribution >= 0.6 is 0 Å². The van der Waals surface area contributed by atoms with E-state index >= 15 is 0 Å². The molecule has 0 bridgehead atoms. The summed E-state index contributed by atoms with van der Waals surface area (Å²) in [6.07, 6.45) is 2.79. The summed E-state index contributed by atoms with van der Waals surface area (Å²) < 4.78 is 1.87. The summed E-state index contributed by atoms with van der Waals surface area (Å²) in [4.78, 5) is 16.4. The maximum atomic E-state index is 11.6. The van der Waals surface area contributed by atoms with E-state index in [1.807, 2.05) is 66.1 Å². The van der Waals surface area contributed by atoms with Gasteiger partial charge in [-0.05, 0) is 18.4 Å². The zero-order chi connectivity index (χ0) is 15.1. The summed E-state index contributed by atoms with van der Waals surface area (Å²) in [5, 5.41) is 2.17. The Hall–Kier alpha value is -2.94. The quantitative estimate of drug-likeness (QED) is 0.516. The number of fused-ring (bicyclic) bond motifs is 3. The summed E-state index contributed by atoms with van der Waals surface area (Å²) in [6.45, 7) is 2.04. The van der Waals surface area contributed by atoms with E-state index in [1.165, 1.54) is 5.56 Å². The molecule has 2 aromatic heterocycles. The van der Waals surface area contributed by atoms with Gasteiger partial charge in [0.05, 0.1) is 0 Å². The van der Waals surface area contributed by atoms with E-state index in [9.17, 15) is 4.79 Å². The van der Waals surface area contributed by atoms with Gasteiger partial charge in [-0.25, -0.2) is 4.98 Å². The van der Waals surface area contributed by atoms with Gasteiger partial charge in [-0.3, -0.25) is 9.20 Å². The van der Waals surface area contributed by atoms with Crippen molar-refractivity contribution in [1.82, 2.24) is 9.38 Å². The fourth-order valence-corrected chi connectivity index (χ4v) is 2.82. The molecule has 0 aliphatic carbocycles. The van der Waals surface area contributed by atoms with Crippen LogP contribution in [0.1, 0.15) is 16.1 Å². The SMILES string of the molecule is Cc1ccc(-c2nc3c4ccccc4ccn3c2C=O)cc1. The summed E-state index contributed by atoms with van der Waals surface area (Å²) in [7, 11) is 0. The molecule has 0 N–H and O–H groups in total. The number of carbonyl (C=O) groups is 1. The van der Waals surface area contributed by atoms with Crippen LogP contribution in [0.15, 0.2) is 60.8 Å². The number of aryl methyl sites for hydroxylation is 1. The van der Waals surface area contributed by atoms with Gasteiger partial charge in [0.2, 0.25) is 0 Å². The first-order chi connectivity index (χ1) is 10.8. The molecule has 0 spiro atoms. The van der Waals surface area contributed by atoms with E-state index in [2.05, 4.69) is 6.07 Å². The summed E-state index contributed by atoms with van der Waals surface area (Å²) in [6, 6.07) is 18.2. The topological polar surface area (TPSA) is 34.4 Å². The lowest BCUT2D eigenvalue weighted by atomic mass is 10.1. The first kappa shape index (κ1) is 12.8. The van der Waals surface area contributed by atoms with E-state index < -0.39 is 0 Å². The fraction of sp³-hybridized carbons (Fsp3) is 0.0526. The highest BCUT2D eigenvalue weighted by atomic mass is 16.1. The van der Waals surface area contributed by atoms with E-state index in [1.54, 1.807) is 0 Å². The van der Waals surface area contributed by atoms with Crippen molar-refractivity contribution in [1.29, 1.82) is 0 Å². The minimum Gasteiger partial charge on any atom is -0.296 e. The van der Waals surface area contributed by atoms with Crippen molar-refractivity contribution >= 4 is 22.7 Å². The van der Waals surface area contributed by atoms with Crippen molar-refractivity contribution in [3.8, 4) is 11.3 Å². The van der Waals surface area contributed by atoms with Crippen LogP contribution in [0.4, 0.5) is 0 Å². The van der Waals surface area contributed by atoms with Gasteiger partial charge in [0, 0.05) is 17.1 Å². The van der Waals surface area contributed by atoms with Crippen molar-refractivity contribution in [2.24, 2.45) is 0 Å². The molecule has 106 valence electrons. The largest absolute Gasteiger partial charge is 0.296 e. The van der Waals surface area contributed by atoms with Crippen LogP contribution in [0.2, 0.25) is 0 Å². The number of nitrogens with zero attached hydrogens (tertiary/aromatic N) is 2. The van der Waals surface area contributed by atoms with Gasteiger partial charge in [-0.1, -0.05) is 54.1 Å². The molecular formula is C19H14N2O. The van der Waals surface area contributed by atoms with Gasteiger partial charge < -0.3 is 0 Å². The average molecular weight is 286 g/mol. The van der Waals surface area contributed by atoms with Gasteiger partial charge in [-0.2, -0.15) is 0 Å². The summed E-state index contributed by atoms with van der Waals surface area (Å²) in [5.41, 5.74) is 4.28. The summed E-state index contributed by atoms with van der Waals surface area (Å²) >= 11 is 0. The molecule has 22 heavy (non-hydrogen) atoms. The number of rotatable bonds is 2. The molecule has 0 unspecified atom stereocenters. The van der Waals surface area contributed by atoms with Gasteiger partial charge in [0.15, 0.2) is 6.29 Å². The normalized spacial score (nSPS) is 11.1. The molecule has 2 heterocycles. The van der Waals surface area contributed by atoms with Crippen molar-refractivity contribution in [3.63, 3.8) is 0 Å². The highest BCUT2D eigenvalue weighted by Crippen LogP contribution is 2.27. The Labute approximate surface area is 127 Å². The third-order valence-electron chi connectivity index (χ3n) is 3.99. The smallest absolute Gasteiger partial charge is 0.169 e. The van der Waals surface area contributed by atoms with Crippen molar-refractivity contribution in [3.05, 3.63) is 72.1 Å². The number of carbonyl (C=O) groups excluding carboxylic acids is 1. The van der Waals surface area contributed by atoms with Crippen molar-refractivity contribution in [2.45, 2.75) is 6.92 Å². The number of imidazole rings is 1. The number of hydrogen-bond acceptors (Lipinski definition) is 2. The van der Waals surface area contributed by atoms with Gasteiger partial charge in [-0.15, -0.1) is 0 Å². The molecule has 3 heteroatoms. The van der Waals surface area contributed by atoms with Crippen molar-refractivity contribution in [2.75, 3.05) is 0 Å². The Balaban J connectivity index is 2.08. The van der Waals surface area contributed by atoms with E-state index in [-0.39, 0.29) is 0 Å². The predicted octanol–water partition coefficient (Wildman–Crippen LogP) is 4.28. The molecule has 0 aliphatic heterocycles. The Bertz CT molecular complexity index is 997. The van der Waals surface area contributed by atoms with Gasteiger partial charge >= 0.3 is 0 Å². The lowest BCUT2D eigenvalue weighted by molar-refractivity contribution is 0.111. The molecule has 0 fully saturated rings. The number of benzene rings is 2. The lowest BCUT2D eigenvalue weighted by Crippen LogP contribution is -1.92. The maximum Gasteiger partial charge on any atom is 0.169 e. The monoisotopic (exact) mass is 286 g/mol. The minimum absolute atomic E-state index is 0.588. The second-order valence-corrected chi connectivity index (χ2v) is 5.43. The molecule has 0 saturated carbocycles. The highest BCUT2D eigenvalue weighted by Gasteiger charge is 2.14. The number of aromatic nitrogens is 2. The van der Waals surface area contributed by atoms with E-state index in [0.29, 0.717) is 5.69 Å². The molecule has 0 radical (unpaired) electrons. The van der Waals surface area contributed by atoms with Crippen LogP contribution in [0, 0.1) is 6.92 Å². The zero-order valence-electron chi connectivity index (χ0n) is 12.2. The predicted molar refractivity (Wildman–Crippen MR) is 88.3 cm³/mol. The molecule has 4 rings (SSSR count). The van der Waals surface area contributed by atoms with Gasteiger partial charge in [0.1, 0.15) is 17.0 Å². The number of pyridine rings is 1. The Morgan fingerprint density at radius 1 is 1.00 bits per heavy atom. The van der Waals surface area contributed by atoms with Crippen LogP contribution in [0.5, 0.6) is 0 Å². The molecule has 0 aliphatic rings. The molecular weight excluding hydrogens is 272 g/mol. The van der Waals surface area contributed by atoms with Crippen LogP contribution in [0.3, 0.4) is 0 Å². The second kappa shape index (κ2) is 4.81. The molecule has 2 aromatic carbocycles. The lowest BCUT2D eigenvalue weighted by Gasteiger charge is -2.01. The van der Waals surface area contributed by atoms with E-state index in [0.717, 1.165) is 34.0 Å². The standard InChI is InChI=1S/C19H14N2O/c1-13-6-8-15(9-7-13)18-17(12-22)21-11-10-14-4-2-3-5-16(14)19(21)20-18/h2-12H,1H3. The Morgan fingerprint density at radius 2 is 1.77 bits per heavy atom. The first-order valence-corrected chi connectivity index (χ1v) is 7.20. The molecule has 0 saturated heterocycles. The third kappa shape index (κ3) is 1.83. The second-order valence-electron chi connectivity index (χ2n) is 5.43. The highest BCUT2D eigenvalue weighted by molar-refractivity contribution is 5.97. The number of hydrogen-bond donors (Lipinski definition) is 0. The van der Waals surface area contributed by atoms with Crippen LogP contribution in [0.25, 0.3) is 27.7 Å². The Kier molecular flexibility index (Phi) is 2.79. The van der Waals surface area contributed by atoms with Crippen LogP contribution in [-0.4, -0.2) is 15.7 Å². The summed E-state index contributed by atoms with van der Waals surface area (Å²) in [5.74, 6) is 0. The molecule has 4 aromatic rings. The fourth-order valence-electron chi connectivity index (χ4n) is 2.82. The van der Waals surface area contributed by atoms with Crippen LogP contribution in [-0.2, 0) is 0 Å². The third-order valence-corrected chi connectivity index (χ3v) is 3.99. The van der Waals surface area contributed by atoms with E-state index in [4.69, 9.17) is 4.98 Å². The molecule has 0 amide bonds. The number of aldehydes is 1.